The number of imidazole rings is 1. The highest BCUT2D eigenvalue weighted by molar-refractivity contribution is 8.01. The second-order valence-electron chi connectivity index (χ2n) is 7.33. The molecule has 1 N–H and O–H groups in total. The highest BCUT2D eigenvalue weighted by atomic mass is 32.2. The van der Waals surface area contributed by atoms with Crippen LogP contribution in [0.5, 0.6) is 0 Å². The molecule has 168 valence electrons. The van der Waals surface area contributed by atoms with E-state index < -0.39 is 15.7 Å². The standard InChI is InChI=1S/C21H26FN3O3S3/c1-14-8-10-17(11-9-14)31(27,28)24-19-18-20(29-13-7-5-4-6-12-22)30-16(3)15(2)25(18)21(26)23-19/h8-11H,4-7,12-13H2,1-3H3,(H,23,24,26). The highest BCUT2D eigenvalue weighted by Gasteiger charge is 2.26. The number of fused-ring (bicyclic) bond motifs is 1. The lowest BCUT2D eigenvalue weighted by atomic mass is 10.2. The van der Waals surface area contributed by atoms with Crippen LogP contribution in [0, 0.1) is 20.8 Å². The van der Waals surface area contributed by atoms with Gasteiger partial charge in [0, 0.05) is 10.6 Å². The van der Waals surface area contributed by atoms with E-state index >= 15 is 0 Å². The molecule has 0 atom stereocenters. The van der Waals surface area contributed by atoms with Gasteiger partial charge in [0.05, 0.1) is 15.8 Å². The predicted octanol–water partition coefficient (Wildman–Crippen LogP) is 5.08. The van der Waals surface area contributed by atoms with Gasteiger partial charge in [0.25, 0.3) is 10.0 Å². The first-order valence-corrected chi connectivity index (χ1v) is 13.3. The Morgan fingerprint density at radius 2 is 1.77 bits per heavy atom. The van der Waals surface area contributed by atoms with Crippen LogP contribution in [0.1, 0.15) is 41.8 Å². The topological polar surface area (TPSA) is 81.1 Å². The predicted molar refractivity (Wildman–Crippen MR) is 126 cm³/mol. The number of rotatable bonds is 10. The lowest BCUT2D eigenvalue weighted by Gasteiger charge is -2.16. The number of alkyl halides is 1. The Bertz CT molecular complexity index is 1170. The highest BCUT2D eigenvalue weighted by Crippen LogP contribution is 2.38. The van der Waals surface area contributed by atoms with E-state index in [1.54, 1.807) is 23.9 Å². The zero-order chi connectivity index (χ0) is 22.6. The van der Waals surface area contributed by atoms with Crippen molar-refractivity contribution in [2.45, 2.75) is 55.6 Å². The van der Waals surface area contributed by atoms with Crippen LogP contribution < -0.4 is 10.4 Å². The molecule has 1 aromatic rings. The molecule has 0 saturated heterocycles. The molecule has 0 unspecified atom stereocenters. The second kappa shape index (κ2) is 10.1. The Balaban J connectivity index is 1.93. The minimum Gasteiger partial charge on any atom is -0.261 e. The van der Waals surface area contributed by atoms with Crippen molar-refractivity contribution >= 4 is 38.9 Å². The Hall–Kier alpha value is -1.91. The molecule has 0 aliphatic carbocycles. The number of sulfonamides is 1. The van der Waals surface area contributed by atoms with E-state index in [9.17, 15) is 17.6 Å². The van der Waals surface area contributed by atoms with E-state index in [0.717, 1.165) is 45.4 Å². The van der Waals surface area contributed by atoms with Gasteiger partial charge in [0.1, 0.15) is 5.69 Å². The molecule has 3 rings (SSSR count). The summed E-state index contributed by atoms with van der Waals surface area (Å²) in [5, 5.41) is 0. The van der Waals surface area contributed by atoms with Gasteiger partial charge in [-0.25, -0.2) is 13.2 Å². The van der Waals surface area contributed by atoms with Gasteiger partial charge in [-0.15, -0.1) is 23.1 Å². The summed E-state index contributed by atoms with van der Waals surface area (Å²) in [6.07, 6.45) is 3.27. The number of thioether (sulfide) groups is 1. The summed E-state index contributed by atoms with van der Waals surface area (Å²) in [5.41, 5.74) is 1.68. The molecule has 10 heteroatoms. The molecule has 2 heterocycles. The maximum absolute atomic E-state index is 12.9. The molecule has 2 aliphatic rings. The summed E-state index contributed by atoms with van der Waals surface area (Å²) in [6, 6.07) is 6.50. The van der Waals surface area contributed by atoms with Crippen molar-refractivity contribution in [2.24, 2.45) is 0 Å². The maximum Gasteiger partial charge on any atom is 0.354 e. The lowest BCUT2D eigenvalue weighted by Crippen LogP contribution is -2.17. The molecular weight excluding hydrogens is 457 g/mol. The van der Waals surface area contributed by atoms with Gasteiger partial charge >= 0.3 is 5.69 Å². The van der Waals surface area contributed by atoms with Crippen molar-refractivity contribution in [3.05, 3.63) is 50.9 Å². The summed E-state index contributed by atoms with van der Waals surface area (Å²) in [6.45, 7) is 5.34. The van der Waals surface area contributed by atoms with Crippen LogP contribution in [0.15, 0.2) is 38.2 Å². The van der Waals surface area contributed by atoms with Crippen molar-refractivity contribution in [3.8, 4) is 5.69 Å². The van der Waals surface area contributed by atoms with Crippen LogP contribution in [0.4, 0.5) is 10.2 Å². The van der Waals surface area contributed by atoms with E-state index in [4.69, 9.17) is 0 Å². The zero-order valence-electron chi connectivity index (χ0n) is 17.8. The van der Waals surface area contributed by atoms with Crippen molar-refractivity contribution in [3.63, 3.8) is 0 Å². The number of nitrogens with one attached hydrogen (secondary N) is 1. The zero-order valence-corrected chi connectivity index (χ0v) is 20.2. The fourth-order valence-electron chi connectivity index (χ4n) is 3.11. The SMILES string of the molecule is Cc1ccc(S(=O)(=O)Nc2nc(=O)n3c(C)c(C)sc(SCCCCCCF)c2-3)cc1. The summed E-state index contributed by atoms with van der Waals surface area (Å²) >= 11 is 3.09. The molecule has 0 fully saturated rings. The monoisotopic (exact) mass is 483 g/mol. The molecule has 0 spiro atoms. The molecule has 6 nitrogen and oxygen atoms in total. The summed E-state index contributed by atoms with van der Waals surface area (Å²) in [7, 11) is -3.89. The number of aryl methyl sites for hydroxylation is 2. The Kier molecular flexibility index (Phi) is 7.77. The first-order valence-electron chi connectivity index (χ1n) is 10.1. The van der Waals surface area contributed by atoms with Gasteiger partial charge in [-0.3, -0.25) is 13.7 Å². The lowest BCUT2D eigenvalue weighted by molar-refractivity contribution is 0.455. The number of hydrogen-bond acceptors (Lipinski definition) is 6. The largest absolute Gasteiger partial charge is 0.354 e. The molecule has 0 bridgehead atoms. The summed E-state index contributed by atoms with van der Waals surface area (Å²) in [4.78, 5) is 17.7. The Morgan fingerprint density at radius 1 is 1.10 bits per heavy atom. The maximum atomic E-state index is 12.9. The van der Waals surface area contributed by atoms with Gasteiger partial charge in [0.15, 0.2) is 5.82 Å². The normalized spacial score (nSPS) is 11.9. The minimum atomic E-state index is -3.89. The summed E-state index contributed by atoms with van der Waals surface area (Å²) in [5.74, 6) is 0.842. The van der Waals surface area contributed by atoms with Crippen LogP contribution in [0.25, 0.3) is 5.69 Å². The molecule has 0 aromatic heterocycles. The third-order valence-corrected chi connectivity index (χ3v) is 8.84. The molecule has 2 aliphatic heterocycles. The van der Waals surface area contributed by atoms with E-state index in [1.165, 1.54) is 28.0 Å². The third kappa shape index (κ3) is 5.48. The third-order valence-electron chi connectivity index (χ3n) is 4.95. The number of aromatic nitrogens is 2. The van der Waals surface area contributed by atoms with Crippen LogP contribution in [-0.2, 0) is 10.0 Å². The van der Waals surface area contributed by atoms with E-state index in [0.29, 0.717) is 12.1 Å². The average Bonchev–Trinajstić information content (AvgIpc) is 3.04. The quantitative estimate of drug-likeness (QED) is 0.321. The van der Waals surface area contributed by atoms with Crippen molar-refractivity contribution in [1.82, 2.24) is 9.55 Å². The number of unbranched alkanes of at least 4 members (excludes halogenated alkanes) is 3. The van der Waals surface area contributed by atoms with E-state index in [-0.39, 0.29) is 17.4 Å². The van der Waals surface area contributed by atoms with E-state index in [2.05, 4.69) is 9.71 Å². The van der Waals surface area contributed by atoms with Crippen molar-refractivity contribution in [1.29, 1.82) is 0 Å². The molecule has 0 saturated carbocycles. The van der Waals surface area contributed by atoms with Gasteiger partial charge in [0.2, 0.25) is 0 Å². The Labute approximate surface area is 190 Å². The molecule has 0 radical (unpaired) electrons. The van der Waals surface area contributed by atoms with E-state index in [1.807, 2.05) is 20.8 Å². The van der Waals surface area contributed by atoms with Crippen LogP contribution in [-0.4, -0.2) is 30.4 Å². The first kappa shape index (κ1) is 23.7. The molecule has 1 aromatic carbocycles. The second-order valence-corrected chi connectivity index (χ2v) is 11.6. The average molecular weight is 484 g/mol. The number of benzene rings is 1. The smallest absolute Gasteiger partial charge is 0.261 e. The minimum absolute atomic E-state index is 0.0462. The van der Waals surface area contributed by atoms with Crippen LogP contribution in [0.2, 0.25) is 0 Å². The van der Waals surface area contributed by atoms with Crippen molar-refractivity contribution in [2.75, 3.05) is 17.1 Å². The fraction of sp³-hybridized carbons (Fsp3) is 0.429. The molecular formula is C21H26FN3O3S3. The Morgan fingerprint density at radius 3 is 2.45 bits per heavy atom. The number of anilines is 1. The van der Waals surface area contributed by atoms with Crippen molar-refractivity contribution < 1.29 is 12.8 Å². The number of hydrogen-bond donors (Lipinski definition) is 1. The number of halogens is 1. The molecule has 0 amide bonds. The number of nitrogens with zero attached hydrogens (tertiary/aromatic N) is 2. The van der Waals surface area contributed by atoms with Gasteiger partial charge < -0.3 is 0 Å². The summed E-state index contributed by atoms with van der Waals surface area (Å²) < 4.78 is 42.9. The fourth-order valence-corrected chi connectivity index (χ4v) is 6.64. The van der Waals surface area contributed by atoms with Gasteiger partial charge in [-0.05, 0) is 51.5 Å². The van der Waals surface area contributed by atoms with Gasteiger partial charge in [-0.1, -0.05) is 30.5 Å². The van der Waals surface area contributed by atoms with Gasteiger partial charge in [-0.2, -0.15) is 4.98 Å². The van der Waals surface area contributed by atoms with Crippen LogP contribution in [0.3, 0.4) is 0 Å². The van der Waals surface area contributed by atoms with Crippen LogP contribution >= 0.6 is 23.1 Å². The first-order chi connectivity index (χ1) is 14.7. The molecule has 31 heavy (non-hydrogen) atoms.